The Morgan fingerprint density at radius 3 is 2.63 bits per heavy atom. The molecule has 0 aromatic carbocycles. The van der Waals surface area contributed by atoms with Crippen LogP contribution in [0.3, 0.4) is 0 Å². The van der Waals surface area contributed by atoms with Crippen LogP contribution < -0.4 is 0 Å². The van der Waals surface area contributed by atoms with Gasteiger partial charge in [-0.05, 0) is 20.8 Å². The number of ether oxygens (including phenoxy) is 1. The Bertz CT molecular complexity index is 460. The summed E-state index contributed by atoms with van der Waals surface area (Å²) >= 11 is 0. The van der Waals surface area contributed by atoms with Crippen LogP contribution in [-0.4, -0.2) is 49.8 Å². The summed E-state index contributed by atoms with van der Waals surface area (Å²) in [7, 11) is 1.73. The van der Waals surface area contributed by atoms with Crippen LogP contribution in [0.4, 0.5) is 4.79 Å². The average Bonchev–Trinajstić information content (AvgIpc) is 2.58. The van der Waals surface area contributed by atoms with Gasteiger partial charge in [0.1, 0.15) is 11.7 Å². The molecule has 1 aliphatic heterocycles. The van der Waals surface area contributed by atoms with Gasteiger partial charge in [-0.2, -0.15) is 0 Å². The quantitative estimate of drug-likeness (QED) is 0.854. The Labute approximate surface area is 112 Å². The van der Waals surface area contributed by atoms with Gasteiger partial charge >= 0.3 is 6.09 Å². The lowest BCUT2D eigenvalue weighted by Gasteiger charge is -2.41. The van der Waals surface area contributed by atoms with E-state index in [9.17, 15) is 9.90 Å². The van der Waals surface area contributed by atoms with Crippen molar-refractivity contribution in [2.24, 2.45) is 13.0 Å². The van der Waals surface area contributed by atoms with Crippen LogP contribution in [0.15, 0.2) is 6.20 Å². The van der Waals surface area contributed by atoms with E-state index >= 15 is 0 Å². The van der Waals surface area contributed by atoms with Crippen LogP contribution in [-0.2, 0) is 11.8 Å². The number of hydrogen-bond acceptors (Lipinski definition) is 5. The maximum atomic E-state index is 11.8. The first-order valence-electron chi connectivity index (χ1n) is 6.28. The molecule has 1 saturated heterocycles. The van der Waals surface area contributed by atoms with E-state index in [1.165, 1.54) is 0 Å². The van der Waals surface area contributed by atoms with Gasteiger partial charge in [0.15, 0.2) is 0 Å². The van der Waals surface area contributed by atoms with Crippen molar-refractivity contribution in [2.45, 2.75) is 32.5 Å². The van der Waals surface area contributed by atoms with Gasteiger partial charge in [-0.25, -0.2) is 9.48 Å². The highest BCUT2D eigenvalue weighted by molar-refractivity contribution is 5.69. The Balaban J connectivity index is 1.86. The summed E-state index contributed by atoms with van der Waals surface area (Å²) in [5.74, 6) is 0.00437. The number of amides is 1. The van der Waals surface area contributed by atoms with E-state index in [1.807, 2.05) is 20.8 Å². The summed E-state index contributed by atoms with van der Waals surface area (Å²) < 4.78 is 6.80. The number of aromatic nitrogens is 3. The number of aliphatic hydroxyl groups is 1. The summed E-state index contributed by atoms with van der Waals surface area (Å²) in [5, 5.41) is 17.7. The smallest absolute Gasteiger partial charge is 0.410 e. The SMILES string of the molecule is Cn1nncc1C(O)C1CN(C(=O)OC(C)(C)C)C1. The molecule has 1 N–H and O–H groups in total. The maximum absolute atomic E-state index is 11.8. The molecule has 0 saturated carbocycles. The summed E-state index contributed by atoms with van der Waals surface area (Å²) in [6.07, 6.45) is 0.554. The Kier molecular flexibility index (Phi) is 3.49. The minimum absolute atomic E-state index is 0.00437. The van der Waals surface area contributed by atoms with Crippen molar-refractivity contribution in [3.63, 3.8) is 0 Å². The number of carbonyl (C=O) groups is 1. The van der Waals surface area contributed by atoms with E-state index in [0.717, 1.165) is 0 Å². The lowest BCUT2D eigenvalue weighted by Crippen LogP contribution is -2.53. The third-order valence-electron chi connectivity index (χ3n) is 3.06. The number of rotatable bonds is 2. The molecule has 7 nitrogen and oxygen atoms in total. The molecule has 1 unspecified atom stereocenters. The molecule has 1 fully saturated rings. The second-order valence-corrected chi connectivity index (χ2v) is 5.87. The van der Waals surface area contributed by atoms with Crippen molar-refractivity contribution in [2.75, 3.05) is 13.1 Å². The molecule has 0 aliphatic carbocycles. The zero-order valence-corrected chi connectivity index (χ0v) is 11.7. The molecule has 2 rings (SSSR count). The fourth-order valence-electron chi connectivity index (χ4n) is 1.99. The lowest BCUT2D eigenvalue weighted by atomic mass is 9.92. The fraction of sp³-hybridized carbons (Fsp3) is 0.750. The van der Waals surface area contributed by atoms with Crippen LogP contribution in [0.1, 0.15) is 32.6 Å². The summed E-state index contributed by atoms with van der Waals surface area (Å²) in [6.45, 7) is 6.47. The summed E-state index contributed by atoms with van der Waals surface area (Å²) in [4.78, 5) is 13.3. The molecule has 1 amide bonds. The van der Waals surface area contributed by atoms with Crippen LogP contribution in [0.5, 0.6) is 0 Å². The highest BCUT2D eigenvalue weighted by atomic mass is 16.6. The monoisotopic (exact) mass is 268 g/mol. The van der Waals surface area contributed by atoms with E-state index in [0.29, 0.717) is 18.8 Å². The van der Waals surface area contributed by atoms with Gasteiger partial charge in [-0.15, -0.1) is 5.10 Å². The van der Waals surface area contributed by atoms with E-state index in [2.05, 4.69) is 10.3 Å². The third-order valence-corrected chi connectivity index (χ3v) is 3.06. The molecule has 106 valence electrons. The zero-order chi connectivity index (χ0) is 14.2. The van der Waals surface area contributed by atoms with E-state index < -0.39 is 11.7 Å². The minimum Gasteiger partial charge on any atom is -0.444 e. The standard InChI is InChI=1S/C12H20N4O3/c1-12(2,3)19-11(18)16-6-8(7-16)10(17)9-5-13-14-15(9)4/h5,8,10,17H,6-7H2,1-4H3. The van der Waals surface area contributed by atoms with E-state index in [4.69, 9.17) is 4.74 Å². The normalized spacial score (nSPS) is 18.1. The van der Waals surface area contributed by atoms with Crippen molar-refractivity contribution < 1.29 is 14.6 Å². The molecule has 0 bridgehead atoms. The number of nitrogens with zero attached hydrogens (tertiary/aromatic N) is 4. The van der Waals surface area contributed by atoms with Crippen molar-refractivity contribution >= 4 is 6.09 Å². The summed E-state index contributed by atoms with van der Waals surface area (Å²) in [6, 6.07) is 0. The Morgan fingerprint density at radius 2 is 2.16 bits per heavy atom. The molecule has 7 heteroatoms. The minimum atomic E-state index is -0.654. The first-order chi connectivity index (χ1) is 8.78. The molecular weight excluding hydrogens is 248 g/mol. The van der Waals surface area contributed by atoms with Gasteiger partial charge in [0.2, 0.25) is 0 Å². The number of carbonyl (C=O) groups excluding carboxylic acids is 1. The third kappa shape index (κ3) is 3.04. The Hall–Kier alpha value is -1.63. The number of aryl methyl sites for hydroxylation is 1. The average molecular weight is 268 g/mol. The van der Waals surface area contributed by atoms with E-state index in [1.54, 1.807) is 22.8 Å². The lowest BCUT2D eigenvalue weighted by molar-refractivity contribution is -0.0332. The van der Waals surface area contributed by atoms with Gasteiger partial charge in [0.25, 0.3) is 0 Å². The van der Waals surface area contributed by atoms with Crippen molar-refractivity contribution in [1.82, 2.24) is 19.9 Å². The molecule has 0 spiro atoms. The predicted molar refractivity (Wildman–Crippen MR) is 67.3 cm³/mol. The topological polar surface area (TPSA) is 80.5 Å². The molecule has 1 aromatic heterocycles. The predicted octanol–water partition coefficient (Wildman–Crippen LogP) is 0.715. The number of hydrogen-bond donors (Lipinski definition) is 1. The second kappa shape index (κ2) is 4.80. The largest absolute Gasteiger partial charge is 0.444 e. The molecule has 0 radical (unpaired) electrons. The van der Waals surface area contributed by atoms with Crippen molar-refractivity contribution in [3.05, 3.63) is 11.9 Å². The molecule has 1 atom stereocenters. The number of aliphatic hydroxyl groups excluding tert-OH is 1. The van der Waals surface area contributed by atoms with Crippen LogP contribution in [0.2, 0.25) is 0 Å². The number of likely N-dealkylation sites (tertiary alicyclic amines) is 1. The molecule has 1 aromatic rings. The van der Waals surface area contributed by atoms with Crippen molar-refractivity contribution in [1.29, 1.82) is 0 Å². The maximum Gasteiger partial charge on any atom is 0.410 e. The Morgan fingerprint density at radius 1 is 1.53 bits per heavy atom. The first-order valence-corrected chi connectivity index (χ1v) is 6.28. The highest BCUT2D eigenvalue weighted by Crippen LogP contribution is 2.30. The van der Waals surface area contributed by atoms with Crippen LogP contribution in [0, 0.1) is 5.92 Å². The van der Waals surface area contributed by atoms with Crippen molar-refractivity contribution in [3.8, 4) is 0 Å². The van der Waals surface area contributed by atoms with E-state index in [-0.39, 0.29) is 12.0 Å². The first kappa shape index (κ1) is 13.8. The second-order valence-electron chi connectivity index (χ2n) is 5.87. The zero-order valence-electron chi connectivity index (χ0n) is 11.7. The van der Waals surface area contributed by atoms with Crippen LogP contribution >= 0.6 is 0 Å². The molecule has 2 heterocycles. The summed E-state index contributed by atoms with van der Waals surface area (Å²) in [5.41, 5.74) is 0.168. The van der Waals surface area contributed by atoms with Crippen LogP contribution in [0.25, 0.3) is 0 Å². The molecule has 19 heavy (non-hydrogen) atoms. The highest BCUT2D eigenvalue weighted by Gasteiger charge is 2.39. The van der Waals surface area contributed by atoms with Gasteiger partial charge in [0.05, 0.1) is 11.9 Å². The van der Waals surface area contributed by atoms with Gasteiger partial charge in [-0.1, -0.05) is 5.21 Å². The van der Waals surface area contributed by atoms with Gasteiger partial charge in [0, 0.05) is 26.1 Å². The molecular formula is C12H20N4O3. The van der Waals surface area contributed by atoms with Gasteiger partial charge in [-0.3, -0.25) is 0 Å². The molecule has 1 aliphatic rings. The van der Waals surface area contributed by atoms with Gasteiger partial charge < -0.3 is 14.7 Å². The fourth-order valence-corrected chi connectivity index (χ4v) is 1.99.